The van der Waals surface area contributed by atoms with Crippen LogP contribution in [0.3, 0.4) is 0 Å². The van der Waals surface area contributed by atoms with Crippen molar-refractivity contribution in [3.05, 3.63) is 34.9 Å². The highest BCUT2D eigenvalue weighted by molar-refractivity contribution is 5.75. The van der Waals surface area contributed by atoms with Crippen LogP contribution in [-0.4, -0.2) is 62.9 Å². The number of esters is 1. The minimum Gasteiger partial charge on any atom is -0.496 e. The number of hydrogen-bond donors (Lipinski definition) is 1. The lowest BCUT2D eigenvalue weighted by Crippen LogP contribution is -2.55. The summed E-state index contributed by atoms with van der Waals surface area (Å²) in [5, 5.41) is 3.30. The Bertz CT molecular complexity index is 1010. The summed E-state index contributed by atoms with van der Waals surface area (Å²) in [6.45, 7) is 15.7. The highest BCUT2D eigenvalue weighted by Gasteiger charge is 2.72. The van der Waals surface area contributed by atoms with Crippen LogP contribution in [0.4, 0.5) is 5.69 Å². The number of nitrogens with one attached hydrogen (secondary N) is 1. The number of carbonyl (C=O) groups is 1. The topological polar surface area (TPSA) is 81.9 Å². The molecule has 3 aliphatic rings. The van der Waals surface area contributed by atoms with Gasteiger partial charge in [-0.2, -0.15) is 0 Å². The quantitative estimate of drug-likeness (QED) is 0.215. The Hall–Kier alpha value is -2.09. The Kier molecular flexibility index (Phi) is 8.51. The van der Waals surface area contributed by atoms with Crippen LogP contribution in [-0.2, 0) is 23.7 Å². The van der Waals surface area contributed by atoms with Crippen molar-refractivity contribution < 1.29 is 28.5 Å². The first-order valence-corrected chi connectivity index (χ1v) is 14.1. The molecule has 1 aromatic carbocycles. The lowest BCUT2D eigenvalue weighted by atomic mass is 9.68. The van der Waals surface area contributed by atoms with E-state index in [1.54, 1.807) is 14.2 Å². The summed E-state index contributed by atoms with van der Waals surface area (Å²) in [6, 6.07) is 4.15. The van der Waals surface area contributed by atoms with E-state index in [1.165, 1.54) is 5.57 Å². The zero-order valence-electron chi connectivity index (χ0n) is 24.7. The van der Waals surface area contributed by atoms with E-state index in [1.807, 2.05) is 0 Å². The molecule has 6 atom stereocenters. The summed E-state index contributed by atoms with van der Waals surface area (Å²) in [6.07, 6.45) is 4.15. The molecule has 1 saturated carbocycles. The number of methoxy groups -OCH3 is 2. The van der Waals surface area contributed by atoms with Gasteiger partial charge in [-0.05, 0) is 75.1 Å². The van der Waals surface area contributed by atoms with E-state index in [0.717, 1.165) is 35.4 Å². The van der Waals surface area contributed by atoms with Crippen molar-refractivity contribution in [3.63, 3.8) is 0 Å². The Morgan fingerprint density at radius 2 is 1.79 bits per heavy atom. The van der Waals surface area contributed by atoms with Gasteiger partial charge in [-0.1, -0.05) is 39.3 Å². The smallest absolute Gasteiger partial charge is 0.325 e. The summed E-state index contributed by atoms with van der Waals surface area (Å²) < 4.78 is 30.1. The third-order valence-electron chi connectivity index (χ3n) is 8.55. The second kappa shape index (κ2) is 11.2. The molecule has 0 bridgehead atoms. The van der Waals surface area contributed by atoms with E-state index >= 15 is 0 Å². The van der Waals surface area contributed by atoms with Crippen LogP contribution in [0.2, 0.25) is 0 Å². The first kappa shape index (κ1) is 28.9. The minimum absolute atomic E-state index is 0.0128. The minimum atomic E-state index is -0.351. The largest absolute Gasteiger partial charge is 0.496 e. The van der Waals surface area contributed by atoms with Gasteiger partial charge in [0.1, 0.15) is 35.7 Å². The van der Waals surface area contributed by atoms with Gasteiger partial charge >= 0.3 is 5.97 Å². The van der Waals surface area contributed by atoms with E-state index < -0.39 is 0 Å². The van der Waals surface area contributed by atoms with Crippen LogP contribution >= 0.6 is 0 Å². The first-order chi connectivity index (χ1) is 18.0. The van der Waals surface area contributed by atoms with Gasteiger partial charge in [-0.25, -0.2) is 0 Å². The fourth-order valence-corrected chi connectivity index (χ4v) is 6.32. The standard InChI is InChI=1S/C31H47NO6/c1-18(2)10-11-25-30(7,38-25)29-28(35-9)24(12-13-31(29)17-36-31)37-26(33)16-32-21-14-22(19(3)4)27(34-8)23(15-21)20(5)6/h10,14-15,19-20,24-25,28-29,32H,11-13,16-17H2,1-9H3. The lowest BCUT2D eigenvalue weighted by Gasteiger charge is -2.42. The molecule has 212 valence electrons. The number of ether oxygens (including phenoxy) is 5. The van der Waals surface area contributed by atoms with Crippen molar-refractivity contribution in [2.45, 2.75) is 109 Å². The molecule has 1 N–H and O–H groups in total. The lowest BCUT2D eigenvalue weighted by molar-refractivity contribution is -0.170. The van der Waals surface area contributed by atoms with Crippen molar-refractivity contribution in [1.29, 1.82) is 0 Å². The molecule has 2 aliphatic heterocycles. The molecule has 3 fully saturated rings. The van der Waals surface area contributed by atoms with Crippen LogP contribution in [0.5, 0.6) is 5.75 Å². The number of allylic oxidation sites excluding steroid dienone is 1. The van der Waals surface area contributed by atoms with Gasteiger partial charge in [-0.15, -0.1) is 0 Å². The fraction of sp³-hybridized carbons (Fsp3) is 0.710. The summed E-state index contributed by atoms with van der Waals surface area (Å²) in [7, 11) is 3.42. The zero-order chi connectivity index (χ0) is 27.8. The molecule has 2 saturated heterocycles. The molecule has 6 unspecified atom stereocenters. The van der Waals surface area contributed by atoms with Crippen LogP contribution in [0, 0.1) is 5.92 Å². The van der Waals surface area contributed by atoms with Crippen LogP contribution in [0.25, 0.3) is 0 Å². The van der Waals surface area contributed by atoms with E-state index in [2.05, 4.69) is 72.0 Å². The molecule has 0 aromatic heterocycles. The Morgan fingerprint density at radius 3 is 2.29 bits per heavy atom. The molecule has 0 radical (unpaired) electrons. The molecule has 2 heterocycles. The van der Waals surface area contributed by atoms with Crippen molar-refractivity contribution in [2.75, 3.05) is 32.7 Å². The molecule has 1 aliphatic carbocycles. The van der Waals surface area contributed by atoms with Crippen molar-refractivity contribution in [3.8, 4) is 5.75 Å². The number of epoxide rings is 2. The van der Waals surface area contributed by atoms with Crippen molar-refractivity contribution >= 4 is 11.7 Å². The van der Waals surface area contributed by atoms with E-state index in [-0.39, 0.29) is 47.9 Å². The van der Waals surface area contributed by atoms with Crippen molar-refractivity contribution in [2.24, 2.45) is 5.92 Å². The molecule has 4 rings (SSSR count). The second-order valence-corrected chi connectivity index (χ2v) is 12.3. The van der Waals surface area contributed by atoms with Gasteiger partial charge in [0.15, 0.2) is 0 Å². The molecule has 7 nitrogen and oxygen atoms in total. The average molecular weight is 530 g/mol. The summed E-state index contributed by atoms with van der Waals surface area (Å²) in [5.41, 5.74) is 3.84. The molecule has 1 aromatic rings. The number of rotatable bonds is 11. The van der Waals surface area contributed by atoms with Crippen LogP contribution < -0.4 is 10.1 Å². The number of hydrogen-bond acceptors (Lipinski definition) is 7. The zero-order valence-corrected chi connectivity index (χ0v) is 24.7. The van der Waals surface area contributed by atoms with Gasteiger partial charge in [0.25, 0.3) is 0 Å². The predicted molar refractivity (Wildman–Crippen MR) is 149 cm³/mol. The monoisotopic (exact) mass is 529 g/mol. The highest BCUT2D eigenvalue weighted by atomic mass is 16.6. The number of anilines is 1. The van der Waals surface area contributed by atoms with E-state index in [0.29, 0.717) is 24.9 Å². The SMILES string of the molecule is COc1c(C(C)C)cc(NCC(=O)OC2CCC3(CO3)C(C3(C)OC3CC=C(C)C)C2OC)cc1C(C)C. The molecule has 1 spiro atoms. The maximum Gasteiger partial charge on any atom is 0.325 e. The van der Waals surface area contributed by atoms with Crippen LogP contribution in [0.1, 0.15) is 90.7 Å². The van der Waals surface area contributed by atoms with Crippen LogP contribution in [0.15, 0.2) is 23.8 Å². The molecular formula is C31H47NO6. The molecule has 38 heavy (non-hydrogen) atoms. The summed E-state index contributed by atoms with van der Waals surface area (Å²) >= 11 is 0. The third-order valence-corrected chi connectivity index (χ3v) is 8.55. The number of benzene rings is 1. The molecule has 7 heteroatoms. The fourth-order valence-electron chi connectivity index (χ4n) is 6.32. The molecule has 0 amide bonds. The Balaban J connectivity index is 1.44. The van der Waals surface area contributed by atoms with Gasteiger partial charge in [0, 0.05) is 12.8 Å². The Labute approximate surface area is 228 Å². The Morgan fingerprint density at radius 1 is 1.16 bits per heavy atom. The third kappa shape index (κ3) is 5.75. The second-order valence-electron chi connectivity index (χ2n) is 12.3. The average Bonchev–Trinajstić information content (AvgIpc) is 3.78. The van der Waals surface area contributed by atoms with Gasteiger partial charge in [-0.3, -0.25) is 4.79 Å². The van der Waals surface area contributed by atoms with Gasteiger partial charge < -0.3 is 29.0 Å². The van der Waals surface area contributed by atoms with Gasteiger partial charge in [0.2, 0.25) is 0 Å². The maximum atomic E-state index is 13.1. The van der Waals surface area contributed by atoms with E-state index in [4.69, 9.17) is 23.7 Å². The normalized spacial score (nSPS) is 31.9. The maximum absolute atomic E-state index is 13.1. The summed E-state index contributed by atoms with van der Waals surface area (Å²) in [5.74, 6) is 1.23. The summed E-state index contributed by atoms with van der Waals surface area (Å²) in [4.78, 5) is 13.1. The highest BCUT2D eigenvalue weighted by Crippen LogP contribution is 2.59. The van der Waals surface area contributed by atoms with E-state index in [9.17, 15) is 4.79 Å². The number of carbonyl (C=O) groups excluding carboxylic acids is 1. The first-order valence-electron chi connectivity index (χ1n) is 14.1. The predicted octanol–water partition coefficient (Wildman–Crippen LogP) is 5.97. The molecular weight excluding hydrogens is 482 g/mol. The van der Waals surface area contributed by atoms with Gasteiger partial charge in [0.05, 0.1) is 25.7 Å². The van der Waals surface area contributed by atoms with Crippen molar-refractivity contribution in [1.82, 2.24) is 0 Å².